The molecule has 0 aromatic heterocycles. The Hall–Kier alpha value is -4.53. The molecule has 40 heavy (non-hydrogen) atoms. The highest BCUT2D eigenvalue weighted by atomic mass is 19.4. The van der Waals surface area contributed by atoms with Crippen molar-refractivity contribution in [2.45, 2.75) is 25.4 Å². The van der Waals surface area contributed by atoms with Gasteiger partial charge in [-0.3, -0.25) is 9.79 Å². The van der Waals surface area contributed by atoms with Crippen LogP contribution in [0.5, 0.6) is 5.75 Å². The first-order valence-electron chi connectivity index (χ1n) is 12.4. The van der Waals surface area contributed by atoms with Crippen LogP contribution in [0.25, 0.3) is 11.1 Å². The van der Waals surface area contributed by atoms with Crippen LogP contribution >= 0.6 is 0 Å². The molecular weight excluding hydrogens is 529 g/mol. The Kier molecular flexibility index (Phi) is 7.64. The molecule has 0 bridgehead atoms. The normalized spacial score (nSPS) is 16.9. The van der Waals surface area contributed by atoms with Crippen LogP contribution in [0.4, 0.5) is 22.0 Å². The topological polar surface area (TPSA) is 47.9 Å². The molecule has 4 nitrogen and oxygen atoms in total. The minimum absolute atomic E-state index is 0.0153. The maximum absolute atomic E-state index is 14.6. The predicted octanol–water partition coefficient (Wildman–Crippen LogP) is 7.82. The maximum atomic E-state index is 14.6. The van der Waals surface area contributed by atoms with Gasteiger partial charge in [0.25, 0.3) is 0 Å². The van der Waals surface area contributed by atoms with Crippen LogP contribution in [-0.2, 0) is 16.1 Å². The summed E-state index contributed by atoms with van der Waals surface area (Å²) in [6.07, 6.45) is -4.80. The molecule has 1 heterocycles. The van der Waals surface area contributed by atoms with Gasteiger partial charge < -0.3 is 9.47 Å². The van der Waals surface area contributed by atoms with E-state index in [4.69, 9.17) is 4.74 Å². The van der Waals surface area contributed by atoms with Gasteiger partial charge in [0.1, 0.15) is 24.0 Å². The predicted molar refractivity (Wildman–Crippen MR) is 139 cm³/mol. The lowest BCUT2D eigenvalue weighted by molar-refractivity contribution is -0.274. The van der Waals surface area contributed by atoms with E-state index in [1.165, 1.54) is 30.3 Å². The first kappa shape index (κ1) is 27.1. The van der Waals surface area contributed by atoms with E-state index in [1.807, 2.05) is 30.3 Å². The van der Waals surface area contributed by atoms with Crippen LogP contribution in [0.2, 0.25) is 0 Å². The molecule has 2 atom stereocenters. The zero-order valence-electron chi connectivity index (χ0n) is 20.9. The molecular formula is C31H22F5NO3. The standard InChI is InChI=1S/C31H22F5NO3/c32-25-7-4-8-26(33)28(25)27-17-24(30(38)39-18-19-5-2-1-3-6-19)29(37-27)22-11-9-20(10-12-22)21-13-15-23(16-14-21)40-31(34,35)36/h1-16,24,29H,17-18H2/t24-,29-/m0/s1. The number of carbonyl (C=O) groups excluding carboxylic acids is 1. The molecule has 0 saturated carbocycles. The van der Waals surface area contributed by atoms with Gasteiger partial charge in [0.2, 0.25) is 0 Å². The number of aliphatic imine (C=N–C) groups is 1. The van der Waals surface area contributed by atoms with Gasteiger partial charge in [-0.1, -0.05) is 72.8 Å². The summed E-state index contributed by atoms with van der Waals surface area (Å²) >= 11 is 0. The molecule has 0 saturated heterocycles. The third-order valence-electron chi connectivity index (χ3n) is 6.54. The molecule has 204 valence electrons. The van der Waals surface area contributed by atoms with Crippen molar-refractivity contribution < 1.29 is 36.2 Å². The Bertz CT molecular complexity index is 1500. The zero-order valence-corrected chi connectivity index (χ0v) is 20.9. The van der Waals surface area contributed by atoms with Gasteiger partial charge in [0.05, 0.1) is 17.5 Å². The average Bonchev–Trinajstić information content (AvgIpc) is 3.37. The summed E-state index contributed by atoms with van der Waals surface area (Å²) in [5, 5.41) is 0. The SMILES string of the molecule is O=C(OCc1ccccc1)[C@H]1CC(c2c(F)cccc2F)=N[C@H]1c1ccc(-c2ccc(OC(F)(F)F)cc2)cc1. The van der Waals surface area contributed by atoms with Crippen LogP contribution in [0.3, 0.4) is 0 Å². The van der Waals surface area contributed by atoms with Gasteiger partial charge in [-0.15, -0.1) is 13.2 Å². The van der Waals surface area contributed by atoms with E-state index in [-0.39, 0.29) is 30.1 Å². The van der Waals surface area contributed by atoms with E-state index in [0.29, 0.717) is 16.7 Å². The summed E-state index contributed by atoms with van der Waals surface area (Å²) in [7, 11) is 0. The van der Waals surface area contributed by atoms with E-state index in [1.54, 1.807) is 24.3 Å². The van der Waals surface area contributed by atoms with E-state index < -0.39 is 35.9 Å². The highest BCUT2D eigenvalue weighted by molar-refractivity contribution is 6.04. The Morgan fingerprint density at radius 2 is 1.40 bits per heavy atom. The Balaban J connectivity index is 1.40. The second-order valence-corrected chi connectivity index (χ2v) is 9.22. The highest BCUT2D eigenvalue weighted by Gasteiger charge is 2.39. The van der Waals surface area contributed by atoms with E-state index in [9.17, 15) is 26.7 Å². The van der Waals surface area contributed by atoms with Gasteiger partial charge in [0.15, 0.2) is 0 Å². The second-order valence-electron chi connectivity index (χ2n) is 9.22. The molecule has 9 heteroatoms. The minimum Gasteiger partial charge on any atom is -0.461 e. The molecule has 0 amide bonds. The molecule has 0 N–H and O–H groups in total. The molecule has 0 unspecified atom stereocenters. The molecule has 5 rings (SSSR count). The monoisotopic (exact) mass is 551 g/mol. The van der Waals surface area contributed by atoms with Crippen LogP contribution in [0.15, 0.2) is 102 Å². The molecule has 0 aliphatic carbocycles. The summed E-state index contributed by atoms with van der Waals surface area (Å²) in [5.41, 5.74) is 2.61. The Morgan fingerprint density at radius 1 is 0.800 bits per heavy atom. The summed E-state index contributed by atoms with van der Waals surface area (Å²) in [5.74, 6) is -3.25. The summed E-state index contributed by atoms with van der Waals surface area (Å²) < 4.78 is 76.0. The van der Waals surface area contributed by atoms with Crippen molar-refractivity contribution in [1.82, 2.24) is 0 Å². The van der Waals surface area contributed by atoms with Crippen LogP contribution < -0.4 is 4.74 Å². The lowest BCUT2D eigenvalue weighted by Gasteiger charge is -2.18. The molecule has 1 aliphatic rings. The van der Waals surface area contributed by atoms with Gasteiger partial charge in [-0.2, -0.15) is 0 Å². The van der Waals surface area contributed by atoms with Crippen molar-refractivity contribution in [2.75, 3.05) is 0 Å². The number of esters is 1. The van der Waals surface area contributed by atoms with Crippen molar-refractivity contribution in [3.8, 4) is 16.9 Å². The number of rotatable bonds is 7. The van der Waals surface area contributed by atoms with Gasteiger partial charge in [0, 0.05) is 12.1 Å². The van der Waals surface area contributed by atoms with Crippen molar-refractivity contribution in [3.05, 3.63) is 125 Å². The van der Waals surface area contributed by atoms with Gasteiger partial charge in [-0.05, 0) is 46.5 Å². The fourth-order valence-corrected chi connectivity index (χ4v) is 4.65. The van der Waals surface area contributed by atoms with Crippen LogP contribution in [0, 0.1) is 17.6 Å². The Labute approximate surface area is 226 Å². The van der Waals surface area contributed by atoms with Crippen LogP contribution in [-0.4, -0.2) is 18.0 Å². The molecule has 0 spiro atoms. The van der Waals surface area contributed by atoms with Crippen molar-refractivity contribution in [1.29, 1.82) is 0 Å². The molecule has 1 aliphatic heterocycles. The first-order valence-corrected chi connectivity index (χ1v) is 12.4. The third kappa shape index (κ3) is 6.20. The van der Waals surface area contributed by atoms with Crippen molar-refractivity contribution in [2.24, 2.45) is 10.9 Å². The fraction of sp³-hybridized carbons (Fsp3) is 0.161. The quantitative estimate of drug-likeness (QED) is 0.174. The largest absolute Gasteiger partial charge is 0.573 e. The van der Waals surface area contributed by atoms with Crippen LogP contribution in [0.1, 0.15) is 29.2 Å². The number of ether oxygens (including phenoxy) is 2. The summed E-state index contributed by atoms with van der Waals surface area (Å²) in [4.78, 5) is 17.8. The van der Waals surface area contributed by atoms with Crippen molar-refractivity contribution in [3.63, 3.8) is 0 Å². The zero-order chi connectivity index (χ0) is 28.3. The minimum atomic E-state index is -4.78. The van der Waals surface area contributed by atoms with Gasteiger partial charge in [-0.25, -0.2) is 8.78 Å². The Morgan fingerprint density at radius 3 is 2.00 bits per heavy atom. The lowest BCUT2D eigenvalue weighted by Crippen LogP contribution is -2.22. The van der Waals surface area contributed by atoms with Crippen molar-refractivity contribution >= 4 is 11.7 Å². The van der Waals surface area contributed by atoms with E-state index in [2.05, 4.69) is 9.73 Å². The van der Waals surface area contributed by atoms with E-state index >= 15 is 0 Å². The van der Waals surface area contributed by atoms with E-state index in [0.717, 1.165) is 17.7 Å². The number of benzene rings is 4. The lowest BCUT2D eigenvalue weighted by atomic mass is 9.90. The smallest absolute Gasteiger partial charge is 0.461 e. The maximum Gasteiger partial charge on any atom is 0.573 e. The highest BCUT2D eigenvalue weighted by Crippen LogP contribution is 2.39. The number of nitrogens with zero attached hydrogens (tertiary/aromatic N) is 1. The second kappa shape index (κ2) is 11.3. The average molecular weight is 552 g/mol. The molecule has 0 fully saturated rings. The number of hydrogen-bond acceptors (Lipinski definition) is 4. The fourth-order valence-electron chi connectivity index (χ4n) is 4.65. The molecule has 4 aromatic carbocycles. The third-order valence-corrected chi connectivity index (χ3v) is 6.54. The van der Waals surface area contributed by atoms with Gasteiger partial charge >= 0.3 is 12.3 Å². The summed E-state index contributed by atoms with van der Waals surface area (Å²) in [6.45, 7) is 0.0409. The number of carbonyl (C=O) groups is 1. The first-order chi connectivity index (χ1) is 19.2. The molecule has 0 radical (unpaired) electrons. The number of alkyl halides is 3. The molecule has 4 aromatic rings. The summed E-state index contributed by atoms with van der Waals surface area (Å²) in [6, 6.07) is 24.2. The number of halogens is 5. The number of hydrogen-bond donors (Lipinski definition) is 0.